The van der Waals surface area contributed by atoms with Gasteiger partial charge in [0, 0.05) is 12.3 Å². The number of carbonyl (C=O) groups is 2. The van der Waals surface area contributed by atoms with Crippen LogP contribution in [-0.2, 0) is 10.3 Å². The molecule has 1 aliphatic heterocycles. The Labute approximate surface area is 174 Å². The van der Waals surface area contributed by atoms with Gasteiger partial charge in [-0.25, -0.2) is 4.79 Å². The third kappa shape index (κ3) is 4.55. The van der Waals surface area contributed by atoms with E-state index in [4.69, 9.17) is 0 Å². The van der Waals surface area contributed by atoms with Gasteiger partial charge in [-0.15, -0.1) is 5.01 Å². The summed E-state index contributed by atoms with van der Waals surface area (Å²) in [6.07, 6.45) is 3.93. The van der Waals surface area contributed by atoms with Crippen molar-refractivity contribution in [2.75, 3.05) is 0 Å². The highest BCUT2D eigenvalue weighted by Crippen LogP contribution is 2.30. The van der Waals surface area contributed by atoms with Crippen LogP contribution in [0.3, 0.4) is 0 Å². The summed E-state index contributed by atoms with van der Waals surface area (Å²) < 4.78 is 28.8. The van der Waals surface area contributed by atoms with Crippen LogP contribution in [-0.4, -0.2) is 34.7 Å². The number of urea groups is 1. The summed E-state index contributed by atoms with van der Waals surface area (Å²) in [7, 11) is 0. The molecule has 0 aromatic heterocycles. The Morgan fingerprint density at radius 2 is 1.87 bits per heavy atom. The van der Waals surface area contributed by atoms with Gasteiger partial charge >= 0.3 is 12.6 Å². The molecule has 0 spiro atoms. The number of benzene rings is 2. The fraction of sp³-hybridized carbons (Fsp3) is 0.150. The van der Waals surface area contributed by atoms with E-state index in [-0.39, 0.29) is 11.4 Å². The summed E-state index contributed by atoms with van der Waals surface area (Å²) in [5.41, 5.74) is -0.888. The smallest absolute Gasteiger partial charge is 0.387 e. The minimum Gasteiger partial charge on any atom is -0.435 e. The average Bonchev–Trinajstić information content (AvgIpc) is 2.95. The molecule has 1 N–H and O–H groups in total. The number of nitrogens with zero attached hydrogens (tertiary/aromatic N) is 3. The third-order valence-corrected chi connectivity index (χ3v) is 4.50. The maximum absolute atomic E-state index is 12.8. The number of hydrogen-bond donors (Lipinski definition) is 1. The van der Waals surface area contributed by atoms with Crippen molar-refractivity contribution < 1.29 is 28.0 Å². The number of para-hydroxylation sites is 1. The largest absolute Gasteiger partial charge is 0.435 e. The summed E-state index contributed by atoms with van der Waals surface area (Å²) in [5, 5.41) is 18.0. The maximum Gasteiger partial charge on any atom is 0.387 e. The quantitative estimate of drug-likeness (QED) is 0.312. The first kappa shape index (κ1) is 21.6. The highest BCUT2D eigenvalue weighted by molar-refractivity contribution is 6.07. The van der Waals surface area contributed by atoms with Crippen LogP contribution >= 0.6 is 0 Å². The average molecular weight is 430 g/mol. The van der Waals surface area contributed by atoms with Crippen LogP contribution in [0.2, 0.25) is 0 Å². The van der Waals surface area contributed by atoms with Crippen molar-refractivity contribution in [3.05, 3.63) is 75.8 Å². The van der Waals surface area contributed by atoms with Crippen LogP contribution in [0, 0.1) is 10.1 Å². The van der Waals surface area contributed by atoms with Crippen molar-refractivity contribution in [1.82, 2.24) is 10.3 Å². The Balaban J connectivity index is 1.75. The van der Waals surface area contributed by atoms with Crippen molar-refractivity contribution >= 4 is 29.9 Å². The fourth-order valence-electron chi connectivity index (χ4n) is 2.94. The van der Waals surface area contributed by atoms with E-state index >= 15 is 0 Å². The minimum atomic E-state index is -2.98. The van der Waals surface area contributed by atoms with E-state index in [0.29, 0.717) is 16.1 Å². The molecule has 2 aromatic rings. The molecule has 1 atom stereocenters. The first-order chi connectivity index (χ1) is 14.7. The monoisotopic (exact) mass is 430 g/mol. The summed E-state index contributed by atoms with van der Waals surface area (Å²) in [4.78, 5) is 35.5. The van der Waals surface area contributed by atoms with Gasteiger partial charge in [0.15, 0.2) is 0 Å². The van der Waals surface area contributed by atoms with Gasteiger partial charge in [0.05, 0.1) is 10.5 Å². The number of nitrogens with one attached hydrogen (secondary N) is 1. The lowest BCUT2D eigenvalue weighted by Gasteiger charge is -2.21. The Kier molecular flexibility index (Phi) is 6.05. The molecule has 1 heterocycles. The second-order valence-electron chi connectivity index (χ2n) is 6.51. The third-order valence-electron chi connectivity index (χ3n) is 4.50. The molecule has 0 radical (unpaired) electrons. The number of alkyl halides is 2. The zero-order chi connectivity index (χ0) is 22.6. The first-order valence-electron chi connectivity index (χ1n) is 8.88. The number of hydrogen-bond acceptors (Lipinski definition) is 6. The summed E-state index contributed by atoms with van der Waals surface area (Å²) >= 11 is 0. The predicted molar refractivity (Wildman–Crippen MR) is 106 cm³/mol. The number of hydrazone groups is 1. The van der Waals surface area contributed by atoms with Gasteiger partial charge in [-0.05, 0) is 42.8 Å². The SMILES string of the molecule is C[C@]1(c2ccc(OC(F)F)cc2)NC(=O)N(/N=C\C=C\c2ccccc2[N+](=O)[O-])C1=O. The number of allylic oxidation sites excluding steroid dienone is 1. The summed E-state index contributed by atoms with van der Waals surface area (Å²) in [5.74, 6) is -0.774. The number of imide groups is 1. The second-order valence-corrected chi connectivity index (χ2v) is 6.51. The fourth-order valence-corrected chi connectivity index (χ4v) is 2.94. The standard InChI is InChI=1S/C20H16F2N4O5/c1-20(14-8-10-15(11-9-14)31-18(21)22)17(27)25(19(28)24-20)23-12-4-6-13-5-2-3-7-16(13)26(29)30/h2-12,18H,1H3,(H,24,28)/b6-4+,23-12-/t20-/m1/s1. The summed E-state index contributed by atoms with van der Waals surface area (Å²) in [6.45, 7) is -1.53. The van der Waals surface area contributed by atoms with Crippen molar-refractivity contribution in [3.63, 3.8) is 0 Å². The van der Waals surface area contributed by atoms with Gasteiger partial charge in [-0.1, -0.05) is 24.3 Å². The lowest BCUT2D eigenvalue weighted by Crippen LogP contribution is -2.40. The molecule has 31 heavy (non-hydrogen) atoms. The van der Waals surface area contributed by atoms with E-state index in [1.54, 1.807) is 6.07 Å². The van der Waals surface area contributed by atoms with E-state index in [2.05, 4.69) is 15.2 Å². The van der Waals surface area contributed by atoms with Crippen LogP contribution < -0.4 is 10.1 Å². The number of ether oxygens (including phenoxy) is 1. The number of amides is 3. The molecule has 11 heteroatoms. The Bertz CT molecular complexity index is 1070. The Morgan fingerprint density at radius 3 is 2.52 bits per heavy atom. The van der Waals surface area contributed by atoms with Gasteiger partial charge in [-0.2, -0.15) is 13.9 Å². The van der Waals surface area contributed by atoms with Crippen LogP contribution in [0.1, 0.15) is 18.1 Å². The molecule has 2 aromatic carbocycles. The highest BCUT2D eigenvalue weighted by atomic mass is 19.3. The van der Waals surface area contributed by atoms with Gasteiger partial charge in [0.2, 0.25) is 0 Å². The number of nitro benzene ring substituents is 1. The predicted octanol–water partition coefficient (Wildman–Crippen LogP) is 3.66. The Hall–Kier alpha value is -4.15. The Morgan fingerprint density at radius 1 is 1.19 bits per heavy atom. The lowest BCUT2D eigenvalue weighted by molar-refractivity contribution is -0.385. The topological polar surface area (TPSA) is 114 Å². The zero-order valence-electron chi connectivity index (χ0n) is 16.1. The molecule has 0 unspecified atom stereocenters. The molecule has 9 nitrogen and oxygen atoms in total. The zero-order valence-corrected chi connectivity index (χ0v) is 16.1. The van der Waals surface area contributed by atoms with E-state index < -0.39 is 29.0 Å². The van der Waals surface area contributed by atoms with E-state index in [1.165, 1.54) is 61.5 Å². The molecule has 3 amide bonds. The number of halogens is 2. The molecule has 3 rings (SSSR count). The van der Waals surface area contributed by atoms with E-state index in [0.717, 1.165) is 6.21 Å². The number of rotatable bonds is 7. The molecule has 1 fully saturated rings. The molecule has 0 aliphatic carbocycles. The van der Waals surface area contributed by atoms with Crippen LogP contribution in [0.25, 0.3) is 6.08 Å². The van der Waals surface area contributed by atoms with Crippen molar-refractivity contribution in [3.8, 4) is 5.75 Å². The van der Waals surface area contributed by atoms with Gasteiger partial charge in [0.1, 0.15) is 11.3 Å². The van der Waals surface area contributed by atoms with E-state index in [9.17, 15) is 28.5 Å². The molecular formula is C20H16F2N4O5. The van der Waals surface area contributed by atoms with Gasteiger partial charge < -0.3 is 10.1 Å². The number of nitro groups is 1. The first-order valence-corrected chi connectivity index (χ1v) is 8.88. The van der Waals surface area contributed by atoms with Crippen molar-refractivity contribution in [2.45, 2.75) is 19.1 Å². The van der Waals surface area contributed by atoms with Crippen LogP contribution in [0.5, 0.6) is 5.75 Å². The lowest BCUT2D eigenvalue weighted by atomic mass is 9.92. The summed E-state index contributed by atoms with van der Waals surface area (Å²) in [6, 6.07) is 10.5. The second kappa shape index (κ2) is 8.69. The molecule has 160 valence electrons. The van der Waals surface area contributed by atoms with Gasteiger partial charge in [-0.3, -0.25) is 14.9 Å². The van der Waals surface area contributed by atoms with Crippen molar-refractivity contribution in [1.29, 1.82) is 0 Å². The van der Waals surface area contributed by atoms with Gasteiger partial charge in [0.25, 0.3) is 11.6 Å². The van der Waals surface area contributed by atoms with E-state index in [1.807, 2.05) is 0 Å². The van der Waals surface area contributed by atoms with Crippen LogP contribution in [0.4, 0.5) is 19.3 Å². The molecule has 0 saturated carbocycles. The molecule has 1 aliphatic rings. The molecule has 0 bridgehead atoms. The number of carbonyl (C=O) groups excluding carboxylic acids is 2. The minimum absolute atomic E-state index is 0.0888. The molecular weight excluding hydrogens is 414 g/mol. The van der Waals surface area contributed by atoms with Crippen molar-refractivity contribution in [2.24, 2.45) is 5.10 Å². The van der Waals surface area contributed by atoms with Crippen LogP contribution in [0.15, 0.2) is 59.7 Å². The maximum atomic E-state index is 12.8. The highest BCUT2D eigenvalue weighted by Gasteiger charge is 2.49. The molecule has 1 saturated heterocycles. The normalized spacial score (nSPS) is 18.9.